The smallest absolute Gasteiger partial charge is 0.129 e. The van der Waals surface area contributed by atoms with Crippen molar-refractivity contribution in [2.24, 2.45) is 0 Å². The summed E-state index contributed by atoms with van der Waals surface area (Å²) >= 11 is 0. The molecule has 2 aromatic rings. The monoisotopic (exact) mass is 381 g/mol. The van der Waals surface area contributed by atoms with Crippen LogP contribution in [0.15, 0.2) is 54.2 Å². The van der Waals surface area contributed by atoms with Gasteiger partial charge in [-0.15, -0.1) is 0 Å². The van der Waals surface area contributed by atoms with Crippen molar-refractivity contribution in [3.63, 3.8) is 0 Å². The van der Waals surface area contributed by atoms with Gasteiger partial charge in [-0.2, -0.15) is 0 Å². The SMILES string of the molecule is CC1=C(CN2C=CC2)CCc2cc(OCCCc3ccc(F)cc3F)ccc21. The summed E-state index contributed by atoms with van der Waals surface area (Å²) in [4.78, 5) is 2.34. The summed E-state index contributed by atoms with van der Waals surface area (Å²) in [5.41, 5.74) is 6.10. The van der Waals surface area contributed by atoms with Crippen LogP contribution >= 0.6 is 0 Å². The summed E-state index contributed by atoms with van der Waals surface area (Å²) in [7, 11) is 0. The fourth-order valence-electron chi connectivity index (χ4n) is 3.89. The molecule has 0 spiro atoms. The summed E-state index contributed by atoms with van der Waals surface area (Å²) in [6, 6.07) is 10.1. The minimum atomic E-state index is -0.541. The maximum atomic E-state index is 13.7. The summed E-state index contributed by atoms with van der Waals surface area (Å²) < 4.78 is 32.5. The van der Waals surface area contributed by atoms with Crippen LogP contribution in [0.25, 0.3) is 5.57 Å². The second kappa shape index (κ2) is 8.17. The summed E-state index contributed by atoms with van der Waals surface area (Å²) in [6.45, 7) is 4.81. The van der Waals surface area contributed by atoms with Gasteiger partial charge < -0.3 is 9.64 Å². The Balaban J connectivity index is 1.34. The molecule has 4 rings (SSSR count). The summed E-state index contributed by atoms with van der Waals surface area (Å²) in [5.74, 6) is -0.166. The molecular formula is C24H25F2NO. The molecule has 1 aliphatic heterocycles. The second-order valence-electron chi connectivity index (χ2n) is 7.55. The van der Waals surface area contributed by atoms with Gasteiger partial charge in [0.1, 0.15) is 17.4 Å². The van der Waals surface area contributed by atoms with Gasteiger partial charge in [-0.05, 0) is 90.9 Å². The maximum absolute atomic E-state index is 13.7. The molecule has 0 atom stereocenters. The molecule has 0 N–H and O–H groups in total. The zero-order valence-corrected chi connectivity index (χ0v) is 16.2. The predicted octanol–water partition coefficient (Wildman–Crippen LogP) is 5.53. The Morgan fingerprint density at radius 2 is 1.93 bits per heavy atom. The van der Waals surface area contributed by atoms with Gasteiger partial charge >= 0.3 is 0 Å². The Morgan fingerprint density at radius 1 is 1.07 bits per heavy atom. The van der Waals surface area contributed by atoms with Gasteiger partial charge in [0.15, 0.2) is 0 Å². The fourth-order valence-corrected chi connectivity index (χ4v) is 3.89. The number of nitrogens with zero attached hydrogens (tertiary/aromatic N) is 1. The average Bonchev–Trinajstić information content (AvgIpc) is 2.64. The molecule has 0 saturated heterocycles. The molecule has 2 aliphatic rings. The molecule has 0 fully saturated rings. The van der Waals surface area contributed by atoms with E-state index < -0.39 is 11.6 Å². The number of fused-ring (bicyclic) bond motifs is 1. The van der Waals surface area contributed by atoms with E-state index in [1.165, 1.54) is 34.4 Å². The van der Waals surface area contributed by atoms with Crippen LogP contribution in [0.3, 0.4) is 0 Å². The summed E-state index contributed by atoms with van der Waals surface area (Å²) in [5, 5.41) is 0. The molecular weight excluding hydrogens is 356 g/mol. The first-order valence-electron chi connectivity index (χ1n) is 9.89. The van der Waals surface area contributed by atoms with Gasteiger partial charge in [-0.1, -0.05) is 12.1 Å². The first kappa shape index (κ1) is 18.7. The fraction of sp³-hybridized carbons (Fsp3) is 0.333. The molecule has 1 heterocycles. The van der Waals surface area contributed by atoms with Crippen LogP contribution in [0.1, 0.15) is 36.5 Å². The zero-order valence-electron chi connectivity index (χ0n) is 16.2. The summed E-state index contributed by atoms with van der Waals surface area (Å²) in [6.07, 6.45) is 7.69. The average molecular weight is 381 g/mol. The van der Waals surface area contributed by atoms with Gasteiger partial charge in [0.2, 0.25) is 0 Å². The van der Waals surface area contributed by atoms with Gasteiger partial charge in [0.25, 0.3) is 0 Å². The molecule has 2 aromatic carbocycles. The van der Waals surface area contributed by atoms with E-state index in [1.807, 2.05) is 6.07 Å². The number of ether oxygens (including phenoxy) is 1. The van der Waals surface area contributed by atoms with E-state index in [0.29, 0.717) is 25.0 Å². The quantitative estimate of drug-likeness (QED) is 0.585. The maximum Gasteiger partial charge on any atom is 0.129 e. The highest BCUT2D eigenvalue weighted by atomic mass is 19.1. The van der Waals surface area contributed by atoms with Crippen LogP contribution < -0.4 is 4.74 Å². The number of aryl methyl sites for hydroxylation is 2. The zero-order chi connectivity index (χ0) is 19.5. The van der Waals surface area contributed by atoms with E-state index in [2.05, 4.69) is 36.2 Å². The highest BCUT2D eigenvalue weighted by Crippen LogP contribution is 2.34. The van der Waals surface area contributed by atoms with E-state index >= 15 is 0 Å². The Morgan fingerprint density at radius 3 is 2.68 bits per heavy atom. The minimum Gasteiger partial charge on any atom is -0.494 e. The molecule has 0 radical (unpaired) electrons. The minimum absolute atomic E-state index is 0.486. The van der Waals surface area contributed by atoms with Crippen molar-refractivity contribution in [3.8, 4) is 5.75 Å². The van der Waals surface area contributed by atoms with Gasteiger partial charge in [-0.3, -0.25) is 0 Å². The predicted molar refractivity (Wildman–Crippen MR) is 108 cm³/mol. The number of rotatable bonds is 7. The molecule has 0 aromatic heterocycles. The Bertz CT molecular complexity index is 932. The van der Waals surface area contributed by atoms with E-state index in [4.69, 9.17) is 4.74 Å². The molecule has 1 aliphatic carbocycles. The lowest BCUT2D eigenvalue weighted by atomic mass is 9.86. The van der Waals surface area contributed by atoms with E-state index in [9.17, 15) is 8.78 Å². The molecule has 0 saturated carbocycles. The normalized spacial score (nSPS) is 15.5. The van der Waals surface area contributed by atoms with E-state index in [-0.39, 0.29) is 0 Å². The lowest BCUT2D eigenvalue weighted by Crippen LogP contribution is -2.27. The third-order valence-electron chi connectivity index (χ3n) is 5.63. The van der Waals surface area contributed by atoms with Crippen molar-refractivity contribution in [3.05, 3.63) is 82.6 Å². The number of allylic oxidation sites excluding steroid dienone is 1. The van der Waals surface area contributed by atoms with Crippen molar-refractivity contribution in [2.75, 3.05) is 19.7 Å². The van der Waals surface area contributed by atoms with Crippen molar-refractivity contribution in [2.45, 2.75) is 32.6 Å². The lowest BCUT2D eigenvalue weighted by Gasteiger charge is -2.30. The van der Waals surface area contributed by atoms with Crippen LogP contribution in [-0.2, 0) is 12.8 Å². The molecule has 0 unspecified atom stereocenters. The molecule has 0 bridgehead atoms. The third-order valence-corrected chi connectivity index (χ3v) is 5.63. The first-order valence-corrected chi connectivity index (χ1v) is 9.89. The van der Waals surface area contributed by atoms with Crippen LogP contribution in [0.5, 0.6) is 5.75 Å². The topological polar surface area (TPSA) is 12.5 Å². The van der Waals surface area contributed by atoms with Crippen LogP contribution in [0.2, 0.25) is 0 Å². The lowest BCUT2D eigenvalue weighted by molar-refractivity contribution is 0.310. The molecule has 2 nitrogen and oxygen atoms in total. The number of hydrogen-bond donors (Lipinski definition) is 0. The van der Waals surface area contributed by atoms with Crippen molar-refractivity contribution in [1.29, 1.82) is 0 Å². The van der Waals surface area contributed by atoms with Gasteiger partial charge in [-0.25, -0.2) is 8.78 Å². The highest BCUT2D eigenvalue weighted by Gasteiger charge is 2.18. The molecule has 146 valence electrons. The van der Waals surface area contributed by atoms with Crippen LogP contribution in [0.4, 0.5) is 8.78 Å². The van der Waals surface area contributed by atoms with E-state index in [1.54, 1.807) is 0 Å². The third kappa shape index (κ3) is 4.11. The van der Waals surface area contributed by atoms with Crippen molar-refractivity contribution < 1.29 is 13.5 Å². The largest absolute Gasteiger partial charge is 0.494 e. The molecule has 0 amide bonds. The Hall–Kier alpha value is -2.62. The van der Waals surface area contributed by atoms with Crippen LogP contribution in [-0.4, -0.2) is 24.6 Å². The Kier molecular flexibility index (Phi) is 5.47. The Labute approximate surface area is 165 Å². The van der Waals surface area contributed by atoms with E-state index in [0.717, 1.165) is 37.7 Å². The van der Waals surface area contributed by atoms with Crippen molar-refractivity contribution in [1.82, 2.24) is 4.90 Å². The molecule has 28 heavy (non-hydrogen) atoms. The van der Waals surface area contributed by atoms with Crippen LogP contribution in [0, 0.1) is 11.6 Å². The first-order chi connectivity index (χ1) is 13.6. The number of halogens is 2. The van der Waals surface area contributed by atoms with Gasteiger partial charge in [0, 0.05) is 19.2 Å². The van der Waals surface area contributed by atoms with Crippen molar-refractivity contribution >= 4 is 5.57 Å². The second-order valence-corrected chi connectivity index (χ2v) is 7.55. The number of benzene rings is 2. The molecule has 4 heteroatoms. The van der Waals surface area contributed by atoms with Gasteiger partial charge in [0.05, 0.1) is 6.61 Å². The highest BCUT2D eigenvalue weighted by molar-refractivity contribution is 5.72. The standard InChI is InChI=1S/C24H25F2NO/c1-17-20(16-27-11-3-12-27)6-5-19-14-22(9-10-23(17)19)28-13-2-4-18-7-8-21(25)15-24(18)26/h3,7-11,14-15H,2,4-6,12-13,16H2,1H3. The number of hydrogen-bond acceptors (Lipinski definition) is 2.